The molecule has 2 rings (SSSR count). The van der Waals surface area contributed by atoms with Gasteiger partial charge in [-0.25, -0.2) is 9.59 Å². The van der Waals surface area contributed by atoms with E-state index in [1.807, 2.05) is 39.8 Å². The average molecular weight is 298 g/mol. The largest absolute Gasteiger partial charge is 0.423 e. The first-order valence-electron chi connectivity index (χ1n) is 6.95. The fraction of sp³-hybridized carbons (Fsp3) is 0.222. The van der Waals surface area contributed by atoms with E-state index in [9.17, 15) is 9.59 Å². The fourth-order valence-electron chi connectivity index (χ4n) is 1.85. The van der Waals surface area contributed by atoms with E-state index in [1.54, 1.807) is 24.3 Å². The van der Waals surface area contributed by atoms with Crippen molar-refractivity contribution < 1.29 is 19.1 Å². The summed E-state index contributed by atoms with van der Waals surface area (Å²) in [4.78, 5) is 23.5. The molecule has 0 N–H and O–H groups in total. The molecule has 0 heterocycles. The Hall–Kier alpha value is -2.62. The van der Waals surface area contributed by atoms with Crippen molar-refractivity contribution in [3.63, 3.8) is 0 Å². The van der Waals surface area contributed by atoms with Crippen LogP contribution in [-0.4, -0.2) is 11.9 Å². The second-order valence-corrected chi connectivity index (χ2v) is 5.27. The first-order chi connectivity index (χ1) is 10.4. The molecule has 0 aliphatic carbocycles. The third-order valence-corrected chi connectivity index (χ3v) is 3.54. The van der Waals surface area contributed by atoms with E-state index in [2.05, 4.69) is 0 Å². The summed E-state index contributed by atoms with van der Waals surface area (Å²) in [6, 6.07) is 10.3. The van der Waals surface area contributed by atoms with Crippen LogP contribution in [0.25, 0.3) is 0 Å². The quantitative estimate of drug-likeness (QED) is 0.484. The van der Waals surface area contributed by atoms with E-state index in [1.165, 1.54) is 0 Å². The Morgan fingerprint density at radius 3 is 1.32 bits per heavy atom. The third kappa shape index (κ3) is 3.73. The highest BCUT2D eigenvalue weighted by Crippen LogP contribution is 2.18. The number of ether oxygens (including phenoxy) is 2. The van der Waals surface area contributed by atoms with Gasteiger partial charge in [0.1, 0.15) is 11.5 Å². The maximum atomic E-state index is 11.8. The van der Waals surface area contributed by atoms with Gasteiger partial charge in [0.15, 0.2) is 0 Å². The van der Waals surface area contributed by atoms with Crippen molar-refractivity contribution in [2.24, 2.45) is 0 Å². The van der Waals surface area contributed by atoms with Gasteiger partial charge in [-0.15, -0.1) is 0 Å². The Morgan fingerprint density at radius 2 is 1.00 bits per heavy atom. The summed E-state index contributed by atoms with van der Waals surface area (Å²) in [7, 11) is 0. The normalized spacial score (nSPS) is 10.2. The smallest absolute Gasteiger partial charge is 0.418 e. The number of rotatable bonds is 2. The summed E-state index contributed by atoms with van der Waals surface area (Å²) in [6.45, 7) is 7.71. The van der Waals surface area contributed by atoms with Gasteiger partial charge in [-0.1, -0.05) is 12.1 Å². The zero-order valence-electron chi connectivity index (χ0n) is 13.1. The number of carbonyl (C=O) groups excluding carboxylic acids is 2. The molecule has 0 aliphatic rings. The van der Waals surface area contributed by atoms with Crippen LogP contribution in [0.1, 0.15) is 22.3 Å². The Kier molecular flexibility index (Phi) is 4.61. The molecule has 0 saturated heterocycles. The van der Waals surface area contributed by atoms with E-state index < -0.39 is 11.9 Å². The van der Waals surface area contributed by atoms with Crippen molar-refractivity contribution in [1.29, 1.82) is 0 Å². The van der Waals surface area contributed by atoms with E-state index in [0.29, 0.717) is 11.5 Å². The predicted molar refractivity (Wildman–Crippen MR) is 83.1 cm³/mol. The second-order valence-electron chi connectivity index (χ2n) is 5.27. The number of hydrogen-bond acceptors (Lipinski definition) is 4. The Balaban J connectivity index is 2.04. The highest BCUT2D eigenvalue weighted by atomic mass is 16.6. The molecule has 0 amide bonds. The molecule has 0 fully saturated rings. The average Bonchev–Trinajstić information content (AvgIpc) is 2.46. The van der Waals surface area contributed by atoms with Crippen LogP contribution in [0, 0.1) is 27.7 Å². The molecular formula is C18H18O4. The SMILES string of the molecule is Cc1ccc(OC(=O)C(=O)Oc2ccc(C)c(C)c2)cc1C. The number of hydrogen-bond donors (Lipinski definition) is 0. The standard InChI is InChI=1S/C18H18O4/c1-11-5-7-15(9-13(11)3)21-17(19)18(20)22-16-8-6-12(2)14(4)10-16/h5-10H,1-4H3. The lowest BCUT2D eigenvalue weighted by atomic mass is 10.1. The van der Waals surface area contributed by atoms with Gasteiger partial charge in [0.25, 0.3) is 0 Å². The van der Waals surface area contributed by atoms with Gasteiger partial charge in [0, 0.05) is 0 Å². The van der Waals surface area contributed by atoms with Gasteiger partial charge in [-0.05, 0) is 74.2 Å². The van der Waals surface area contributed by atoms with Crippen LogP contribution < -0.4 is 9.47 Å². The van der Waals surface area contributed by atoms with Crippen LogP contribution in [0.3, 0.4) is 0 Å². The van der Waals surface area contributed by atoms with Crippen LogP contribution >= 0.6 is 0 Å². The van der Waals surface area contributed by atoms with Crippen molar-refractivity contribution in [3.8, 4) is 11.5 Å². The Labute approximate surface area is 129 Å². The highest BCUT2D eigenvalue weighted by Gasteiger charge is 2.19. The third-order valence-electron chi connectivity index (χ3n) is 3.54. The minimum Gasteiger partial charge on any atom is -0.418 e. The maximum absolute atomic E-state index is 11.8. The molecule has 0 spiro atoms. The minimum atomic E-state index is -1.04. The van der Waals surface area contributed by atoms with Gasteiger partial charge in [-0.3, -0.25) is 0 Å². The summed E-state index contributed by atoms with van der Waals surface area (Å²) in [6.07, 6.45) is 0. The second kappa shape index (κ2) is 6.43. The van der Waals surface area contributed by atoms with Gasteiger partial charge in [0.05, 0.1) is 0 Å². The van der Waals surface area contributed by atoms with Crippen LogP contribution in [0.4, 0.5) is 0 Å². The molecule has 2 aromatic rings. The molecule has 0 radical (unpaired) electrons. The molecule has 114 valence electrons. The lowest BCUT2D eigenvalue weighted by Crippen LogP contribution is -2.25. The van der Waals surface area contributed by atoms with E-state index >= 15 is 0 Å². The van der Waals surface area contributed by atoms with Crippen molar-refractivity contribution in [2.75, 3.05) is 0 Å². The molecule has 0 saturated carbocycles. The molecule has 0 unspecified atom stereocenters. The first-order valence-corrected chi connectivity index (χ1v) is 6.95. The van der Waals surface area contributed by atoms with Gasteiger partial charge in [0.2, 0.25) is 0 Å². The summed E-state index contributed by atoms with van der Waals surface area (Å²) < 4.78 is 10.0. The molecule has 4 nitrogen and oxygen atoms in total. The number of benzene rings is 2. The molecule has 0 atom stereocenters. The van der Waals surface area contributed by atoms with E-state index in [0.717, 1.165) is 22.3 Å². The Bertz CT molecular complexity index is 668. The van der Waals surface area contributed by atoms with Crippen molar-refractivity contribution >= 4 is 11.9 Å². The van der Waals surface area contributed by atoms with Crippen LogP contribution in [0.15, 0.2) is 36.4 Å². The first kappa shape index (κ1) is 15.8. The van der Waals surface area contributed by atoms with Crippen molar-refractivity contribution in [1.82, 2.24) is 0 Å². The lowest BCUT2D eigenvalue weighted by molar-refractivity contribution is -0.156. The number of carbonyl (C=O) groups is 2. The topological polar surface area (TPSA) is 52.6 Å². The number of aryl methyl sites for hydroxylation is 4. The van der Waals surface area contributed by atoms with Crippen LogP contribution in [0.5, 0.6) is 11.5 Å². The summed E-state index contributed by atoms with van der Waals surface area (Å²) >= 11 is 0. The number of esters is 2. The minimum absolute atomic E-state index is 0.324. The van der Waals surface area contributed by atoms with Gasteiger partial charge in [-0.2, -0.15) is 0 Å². The Morgan fingerprint density at radius 1 is 0.636 bits per heavy atom. The van der Waals surface area contributed by atoms with Gasteiger partial charge < -0.3 is 9.47 Å². The molecule has 0 aliphatic heterocycles. The summed E-state index contributed by atoms with van der Waals surface area (Å²) in [5.41, 5.74) is 4.12. The summed E-state index contributed by atoms with van der Waals surface area (Å²) in [5, 5.41) is 0. The predicted octanol–water partition coefficient (Wildman–Crippen LogP) is 3.43. The van der Waals surface area contributed by atoms with E-state index in [4.69, 9.17) is 9.47 Å². The zero-order chi connectivity index (χ0) is 16.3. The molecule has 0 bridgehead atoms. The zero-order valence-corrected chi connectivity index (χ0v) is 13.1. The van der Waals surface area contributed by atoms with Gasteiger partial charge >= 0.3 is 11.9 Å². The van der Waals surface area contributed by atoms with Crippen molar-refractivity contribution in [3.05, 3.63) is 58.7 Å². The van der Waals surface area contributed by atoms with E-state index in [-0.39, 0.29) is 0 Å². The molecule has 2 aromatic carbocycles. The van der Waals surface area contributed by atoms with Crippen LogP contribution in [-0.2, 0) is 9.59 Å². The van der Waals surface area contributed by atoms with Crippen molar-refractivity contribution in [2.45, 2.75) is 27.7 Å². The lowest BCUT2D eigenvalue weighted by Gasteiger charge is -2.08. The fourth-order valence-corrected chi connectivity index (χ4v) is 1.85. The molecular weight excluding hydrogens is 280 g/mol. The van der Waals surface area contributed by atoms with Crippen LogP contribution in [0.2, 0.25) is 0 Å². The molecule has 22 heavy (non-hydrogen) atoms. The summed E-state index contributed by atoms with van der Waals surface area (Å²) in [5.74, 6) is -1.43. The molecule has 4 heteroatoms. The molecule has 0 aromatic heterocycles. The highest BCUT2D eigenvalue weighted by molar-refractivity contribution is 6.31. The monoisotopic (exact) mass is 298 g/mol. The maximum Gasteiger partial charge on any atom is 0.423 e.